The minimum atomic E-state index is -4.62. The Balaban J connectivity index is 2.01. The van der Waals surface area contributed by atoms with Crippen molar-refractivity contribution in [1.29, 1.82) is 0 Å². The van der Waals surface area contributed by atoms with Crippen molar-refractivity contribution in [2.45, 2.75) is 6.18 Å². The van der Waals surface area contributed by atoms with Crippen LogP contribution in [0.5, 0.6) is 11.5 Å². The number of anilines is 1. The van der Waals surface area contributed by atoms with Crippen LogP contribution in [0.1, 0.15) is 11.1 Å². The molecule has 0 atom stereocenters. The number of nitrogens with zero attached hydrogens (tertiary/aromatic N) is 1. The topological polar surface area (TPSA) is 118 Å². The molecule has 170 valence electrons. The van der Waals surface area contributed by atoms with Crippen LogP contribution < -0.4 is 25.5 Å². The minimum Gasteiger partial charge on any atom is -0.493 e. The number of carbonyl (C=O) groups excluding carboxylic acids is 3. The van der Waals surface area contributed by atoms with E-state index >= 15 is 0 Å². The average molecular weight is 452 g/mol. The quantitative estimate of drug-likeness (QED) is 0.337. The van der Waals surface area contributed by atoms with Crippen LogP contribution in [0.2, 0.25) is 0 Å². The molecule has 32 heavy (non-hydrogen) atoms. The first-order chi connectivity index (χ1) is 15.2. The van der Waals surface area contributed by atoms with Gasteiger partial charge in [-0.25, -0.2) is 5.43 Å². The van der Waals surface area contributed by atoms with Crippen molar-refractivity contribution in [1.82, 2.24) is 10.7 Å². The lowest BCUT2D eigenvalue weighted by Gasteiger charge is -2.14. The molecule has 0 aliphatic rings. The van der Waals surface area contributed by atoms with Gasteiger partial charge >= 0.3 is 18.0 Å². The van der Waals surface area contributed by atoms with Gasteiger partial charge in [-0.3, -0.25) is 14.4 Å². The highest BCUT2D eigenvalue weighted by molar-refractivity contribution is 6.35. The molecule has 0 saturated carbocycles. The summed E-state index contributed by atoms with van der Waals surface area (Å²) in [5.74, 6) is -2.26. The molecule has 0 aromatic heterocycles. The molecule has 0 unspecified atom stereocenters. The normalized spacial score (nSPS) is 11.0. The van der Waals surface area contributed by atoms with Crippen LogP contribution in [0.25, 0.3) is 0 Å². The van der Waals surface area contributed by atoms with Gasteiger partial charge in [0.15, 0.2) is 18.1 Å². The fourth-order valence-electron chi connectivity index (χ4n) is 2.38. The number of carbonyl (C=O) groups is 3. The third-order valence-electron chi connectivity index (χ3n) is 3.87. The van der Waals surface area contributed by atoms with Gasteiger partial charge in [-0.15, -0.1) is 0 Å². The number of nitrogens with one attached hydrogen (secondary N) is 3. The lowest BCUT2D eigenvalue weighted by atomic mass is 10.1. The van der Waals surface area contributed by atoms with Crippen molar-refractivity contribution in [2.75, 3.05) is 26.1 Å². The number of hydrogen-bond acceptors (Lipinski definition) is 6. The van der Waals surface area contributed by atoms with E-state index in [9.17, 15) is 27.6 Å². The SMILES string of the molecule is CNC(=O)C(=O)N/N=C\c1ccc(OCC(=O)Nc2ccccc2C(F)(F)F)c(OC)c1. The van der Waals surface area contributed by atoms with E-state index in [4.69, 9.17) is 9.47 Å². The smallest absolute Gasteiger partial charge is 0.418 e. The monoisotopic (exact) mass is 452 g/mol. The van der Waals surface area contributed by atoms with E-state index in [1.807, 2.05) is 5.43 Å². The first kappa shape index (κ1) is 24.2. The molecule has 0 heterocycles. The maximum absolute atomic E-state index is 13.0. The molecule has 0 bridgehead atoms. The van der Waals surface area contributed by atoms with Crippen LogP contribution in [-0.4, -0.2) is 44.7 Å². The Bertz CT molecular complexity index is 1020. The Morgan fingerprint density at radius 1 is 1.06 bits per heavy atom. The number of hydrogen-bond donors (Lipinski definition) is 3. The molecule has 12 heteroatoms. The second kappa shape index (κ2) is 10.8. The number of amides is 3. The third-order valence-corrected chi connectivity index (χ3v) is 3.87. The molecule has 0 radical (unpaired) electrons. The molecular formula is C20H19F3N4O5. The molecule has 3 N–H and O–H groups in total. The summed E-state index contributed by atoms with van der Waals surface area (Å²) in [7, 11) is 2.64. The van der Waals surface area contributed by atoms with Crippen LogP contribution in [0.3, 0.4) is 0 Å². The van der Waals surface area contributed by atoms with Crippen molar-refractivity contribution in [3.05, 3.63) is 53.6 Å². The zero-order chi connectivity index (χ0) is 23.7. The fraction of sp³-hybridized carbons (Fsp3) is 0.200. The Hall–Kier alpha value is -4.09. The van der Waals surface area contributed by atoms with E-state index in [0.29, 0.717) is 5.56 Å². The highest BCUT2D eigenvalue weighted by Gasteiger charge is 2.33. The summed E-state index contributed by atoms with van der Waals surface area (Å²) in [5.41, 5.74) is 1.14. The van der Waals surface area contributed by atoms with Gasteiger partial charge in [-0.2, -0.15) is 18.3 Å². The lowest BCUT2D eigenvalue weighted by molar-refractivity contribution is -0.138. The molecule has 2 aromatic rings. The molecule has 3 amide bonds. The van der Waals surface area contributed by atoms with Crippen LogP contribution >= 0.6 is 0 Å². The van der Waals surface area contributed by atoms with Crippen LogP contribution in [0.4, 0.5) is 18.9 Å². The lowest BCUT2D eigenvalue weighted by Crippen LogP contribution is -2.35. The molecule has 0 aliphatic carbocycles. The maximum atomic E-state index is 13.0. The van der Waals surface area contributed by atoms with Gasteiger partial charge in [0.1, 0.15) is 0 Å². The summed E-state index contributed by atoms with van der Waals surface area (Å²) in [6, 6.07) is 9.01. The van der Waals surface area contributed by atoms with Gasteiger partial charge in [0, 0.05) is 7.05 Å². The largest absolute Gasteiger partial charge is 0.493 e. The summed E-state index contributed by atoms with van der Waals surface area (Å²) < 4.78 is 49.6. The number of methoxy groups -OCH3 is 1. The van der Waals surface area contributed by atoms with E-state index < -0.39 is 36.1 Å². The first-order valence-corrected chi connectivity index (χ1v) is 8.97. The molecular weight excluding hydrogens is 433 g/mol. The van der Waals surface area contributed by atoms with Crippen LogP contribution in [0, 0.1) is 0 Å². The number of rotatable bonds is 7. The Morgan fingerprint density at radius 3 is 2.44 bits per heavy atom. The Kier molecular flexibility index (Phi) is 8.16. The summed E-state index contributed by atoms with van der Waals surface area (Å²) in [6.07, 6.45) is -3.38. The van der Waals surface area contributed by atoms with Crippen molar-refractivity contribution in [3.63, 3.8) is 0 Å². The number of benzene rings is 2. The van der Waals surface area contributed by atoms with Gasteiger partial charge in [0.25, 0.3) is 5.91 Å². The predicted octanol–water partition coefficient (Wildman–Crippen LogP) is 1.93. The Labute approximate surface area is 180 Å². The molecule has 2 rings (SSSR count). The summed E-state index contributed by atoms with van der Waals surface area (Å²) >= 11 is 0. The van der Waals surface area contributed by atoms with E-state index in [0.717, 1.165) is 12.1 Å². The number of alkyl halides is 3. The van der Waals surface area contributed by atoms with Crippen LogP contribution in [-0.2, 0) is 20.6 Å². The second-order valence-corrected chi connectivity index (χ2v) is 6.07. The zero-order valence-corrected chi connectivity index (χ0v) is 16.9. The van der Waals surface area contributed by atoms with Crippen molar-refractivity contribution in [3.8, 4) is 11.5 Å². The highest BCUT2D eigenvalue weighted by Crippen LogP contribution is 2.34. The maximum Gasteiger partial charge on any atom is 0.418 e. The van der Waals surface area contributed by atoms with Gasteiger partial charge < -0.3 is 20.1 Å². The second-order valence-electron chi connectivity index (χ2n) is 6.07. The van der Waals surface area contributed by atoms with Gasteiger partial charge in [-0.05, 0) is 35.9 Å². The summed E-state index contributed by atoms with van der Waals surface area (Å²) in [5, 5.41) is 7.93. The zero-order valence-electron chi connectivity index (χ0n) is 16.9. The molecule has 2 aromatic carbocycles. The molecule has 0 aliphatic heterocycles. The van der Waals surface area contributed by atoms with Crippen molar-refractivity contribution >= 4 is 29.6 Å². The highest BCUT2D eigenvalue weighted by atomic mass is 19.4. The van der Waals surface area contributed by atoms with E-state index in [1.165, 1.54) is 50.7 Å². The van der Waals surface area contributed by atoms with E-state index in [-0.39, 0.29) is 17.2 Å². The van der Waals surface area contributed by atoms with Gasteiger partial charge in [-0.1, -0.05) is 12.1 Å². The molecule has 0 spiro atoms. The van der Waals surface area contributed by atoms with Crippen LogP contribution in [0.15, 0.2) is 47.6 Å². The van der Waals surface area contributed by atoms with Crippen molar-refractivity contribution < 1.29 is 37.0 Å². The third kappa shape index (κ3) is 6.72. The molecule has 0 fully saturated rings. The van der Waals surface area contributed by atoms with Crippen molar-refractivity contribution in [2.24, 2.45) is 5.10 Å². The number of para-hydroxylation sites is 1. The summed E-state index contributed by atoms with van der Waals surface area (Å²) in [4.78, 5) is 34.5. The molecule has 0 saturated heterocycles. The average Bonchev–Trinajstić information content (AvgIpc) is 2.76. The molecule has 9 nitrogen and oxygen atoms in total. The van der Waals surface area contributed by atoms with Gasteiger partial charge in [0.2, 0.25) is 0 Å². The Morgan fingerprint density at radius 2 is 1.78 bits per heavy atom. The van der Waals surface area contributed by atoms with Gasteiger partial charge in [0.05, 0.1) is 24.6 Å². The first-order valence-electron chi connectivity index (χ1n) is 8.97. The minimum absolute atomic E-state index is 0.151. The number of halogens is 3. The number of likely N-dealkylation sites (N-methyl/N-ethyl adjacent to an activating group) is 1. The van der Waals surface area contributed by atoms with E-state index in [1.54, 1.807) is 0 Å². The summed E-state index contributed by atoms with van der Waals surface area (Å²) in [6.45, 7) is -0.571. The van der Waals surface area contributed by atoms with E-state index in [2.05, 4.69) is 15.7 Å². The standard InChI is InChI=1S/C20H19F3N4O5/c1-24-18(29)19(30)27-25-10-12-7-8-15(16(9-12)31-2)32-11-17(28)26-14-6-4-3-5-13(14)20(21,22)23/h3-10H,11H2,1-2H3,(H,24,29)(H,26,28)(H,27,30)/b25-10-. The fourth-order valence-corrected chi connectivity index (χ4v) is 2.38. The predicted molar refractivity (Wildman–Crippen MR) is 108 cm³/mol. The number of hydrazone groups is 1. The number of ether oxygens (including phenoxy) is 2.